The highest BCUT2D eigenvalue weighted by molar-refractivity contribution is 5.61. The van der Waals surface area contributed by atoms with Crippen LogP contribution < -0.4 is 5.32 Å². The van der Waals surface area contributed by atoms with Gasteiger partial charge in [-0.05, 0) is 12.1 Å². The molecule has 0 aromatic carbocycles. The number of hydrogen-bond donors (Lipinski definition) is 1. The summed E-state index contributed by atoms with van der Waals surface area (Å²) in [6.45, 7) is 3.59. The molecule has 0 aliphatic carbocycles. The highest BCUT2D eigenvalue weighted by Crippen LogP contribution is 2.16. The van der Waals surface area contributed by atoms with E-state index in [-0.39, 0.29) is 6.04 Å². The number of nitrogens with zero attached hydrogens (tertiary/aromatic N) is 2. The van der Waals surface area contributed by atoms with Gasteiger partial charge in [0.1, 0.15) is 6.04 Å². The van der Waals surface area contributed by atoms with Gasteiger partial charge in [0.25, 0.3) is 0 Å². The van der Waals surface area contributed by atoms with E-state index in [4.69, 9.17) is 0 Å². The van der Waals surface area contributed by atoms with Crippen LogP contribution in [0.3, 0.4) is 0 Å². The summed E-state index contributed by atoms with van der Waals surface area (Å²) < 4.78 is 0. The van der Waals surface area contributed by atoms with Crippen molar-refractivity contribution < 1.29 is 4.79 Å². The molecule has 1 aliphatic rings. The van der Waals surface area contributed by atoms with Gasteiger partial charge < -0.3 is 5.32 Å². The summed E-state index contributed by atoms with van der Waals surface area (Å²) in [6, 6.07) is 5.31. The van der Waals surface area contributed by atoms with Gasteiger partial charge in [-0.15, -0.1) is 0 Å². The highest BCUT2D eigenvalue weighted by Gasteiger charge is 2.22. The van der Waals surface area contributed by atoms with Crippen molar-refractivity contribution in [3.05, 3.63) is 30.1 Å². The fourth-order valence-electron chi connectivity index (χ4n) is 1.80. The molecule has 0 amide bonds. The van der Waals surface area contributed by atoms with E-state index in [1.165, 1.54) is 0 Å². The molecule has 2 rings (SSSR count). The Hall–Kier alpha value is -1.26. The van der Waals surface area contributed by atoms with Crippen molar-refractivity contribution in [2.45, 2.75) is 6.04 Å². The molecule has 1 aromatic heterocycles. The first kappa shape index (κ1) is 10.3. The Kier molecular flexibility index (Phi) is 3.42. The Labute approximate surface area is 89.3 Å². The van der Waals surface area contributed by atoms with Crippen LogP contribution in [0, 0.1) is 0 Å². The molecule has 0 saturated carbocycles. The molecule has 4 heteroatoms. The van der Waals surface area contributed by atoms with E-state index in [0.717, 1.165) is 31.9 Å². The molecule has 1 aliphatic heterocycles. The number of rotatable bonds is 3. The molecule has 4 nitrogen and oxygen atoms in total. The molecule has 1 unspecified atom stereocenters. The largest absolute Gasteiger partial charge is 0.314 e. The summed E-state index contributed by atoms with van der Waals surface area (Å²) >= 11 is 0. The van der Waals surface area contributed by atoms with Gasteiger partial charge in [0.2, 0.25) is 6.29 Å². The lowest BCUT2D eigenvalue weighted by atomic mass is 10.1. The van der Waals surface area contributed by atoms with Crippen LogP contribution in [0.4, 0.5) is 0 Å². The normalized spacial score (nSPS) is 19.7. The van der Waals surface area contributed by atoms with E-state index in [9.17, 15) is 4.79 Å². The lowest BCUT2D eigenvalue weighted by molar-refractivity contribution is 0.208. The number of piperazine rings is 1. The van der Waals surface area contributed by atoms with Crippen LogP contribution >= 0.6 is 0 Å². The van der Waals surface area contributed by atoms with Gasteiger partial charge >= 0.3 is 0 Å². The first-order chi connectivity index (χ1) is 7.42. The third-order valence-electron chi connectivity index (χ3n) is 2.60. The maximum Gasteiger partial charge on any atom is 0.223 e. The van der Waals surface area contributed by atoms with Crippen molar-refractivity contribution in [2.24, 2.45) is 0 Å². The van der Waals surface area contributed by atoms with Crippen molar-refractivity contribution in [3.63, 3.8) is 0 Å². The van der Waals surface area contributed by atoms with Crippen LogP contribution in [0.1, 0.15) is 11.7 Å². The standard InChI is InChI=1S/C11H14N3O/c15-9-11(10-3-1-2-4-13-10)14-7-5-12-6-8-14/h1-4,11-12H,5-8H2. The van der Waals surface area contributed by atoms with Gasteiger partial charge in [0.05, 0.1) is 5.69 Å². The third kappa shape index (κ3) is 2.40. The van der Waals surface area contributed by atoms with Crippen LogP contribution in [-0.2, 0) is 4.79 Å². The van der Waals surface area contributed by atoms with Crippen LogP contribution in [-0.4, -0.2) is 42.3 Å². The van der Waals surface area contributed by atoms with Crippen molar-refractivity contribution in [3.8, 4) is 0 Å². The monoisotopic (exact) mass is 204 g/mol. The Morgan fingerprint density at radius 2 is 2.20 bits per heavy atom. The SMILES string of the molecule is O=[C]C(c1ccccn1)N1CCNCC1. The zero-order chi connectivity index (χ0) is 10.5. The predicted octanol–water partition coefficient (Wildman–Crippen LogP) is 0.138. The quantitative estimate of drug-likeness (QED) is 0.760. The first-order valence-electron chi connectivity index (χ1n) is 5.15. The molecule has 0 bridgehead atoms. The fraction of sp³-hybridized carbons (Fsp3) is 0.455. The number of hydrogen-bond acceptors (Lipinski definition) is 4. The second-order valence-corrected chi connectivity index (χ2v) is 3.56. The minimum atomic E-state index is -0.312. The van der Waals surface area contributed by atoms with E-state index >= 15 is 0 Å². The van der Waals surface area contributed by atoms with Gasteiger partial charge in [-0.2, -0.15) is 0 Å². The number of nitrogens with one attached hydrogen (secondary N) is 1. The summed E-state index contributed by atoms with van der Waals surface area (Å²) in [5.41, 5.74) is 0.786. The van der Waals surface area contributed by atoms with Crippen LogP contribution in [0.2, 0.25) is 0 Å². The molecule has 1 atom stereocenters. The first-order valence-corrected chi connectivity index (χ1v) is 5.15. The lowest BCUT2D eigenvalue weighted by Gasteiger charge is -2.30. The van der Waals surface area contributed by atoms with Crippen molar-refractivity contribution in [1.82, 2.24) is 15.2 Å². The second kappa shape index (κ2) is 5.00. The molecular weight excluding hydrogens is 190 g/mol. The van der Waals surface area contributed by atoms with Crippen molar-refractivity contribution >= 4 is 6.29 Å². The second-order valence-electron chi connectivity index (χ2n) is 3.56. The summed E-state index contributed by atoms with van der Waals surface area (Å²) in [6.07, 6.45) is 3.78. The van der Waals surface area contributed by atoms with Crippen LogP contribution in [0.25, 0.3) is 0 Å². The van der Waals surface area contributed by atoms with Gasteiger partial charge in [-0.3, -0.25) is 14.7 Å². The molecule has 2 heterocycles. The number of aromatic nitrogens is 1. The highest BCUT2D eigenvalue weighted by atomic mass is 16.1. The van der Waals surface area contributed by atoms with Crippen molar-refractivity contribution in [1.29, 1.82) is 0 Å². The summed E-state index contributed by atoms with van der Waals surface area (Å²) in [4.78, 5) is 17.3. The van der Waals surface area contributed by atoms with Gasteiger partial charge in [-0.1, -0.05) is 6.07 Å². The van der Waals surface area contributed by atoms with Crippen molar-refractivity contribution in [2.75, 3.05) is 26.2 Å². The van der Waals surface area contributed by atoms with Crippen LogP contribution in [0.5, 0.6) is 0 Å². The van der Waals surface area contributed by atoms with Gasteiger partial charge in [-0.25, -0.2) is 0 Å². The molecule has 15 heavy (non-hydrogen) atoms. The van der Waals surface area contributed by atoms with E-state index < -0.39 is 0 Å². The molecule has 1 radical (unpaired) electrons. The molecule has 1 saturated heterocycles. The smallest absolute Gasteiger partial charge is 0.223 e. The van der Waals surface area contributed by atoms with E-state index in [0.29, 0.717) is 0 Å². The number of carbonyl (C=O) groups excluding carboxylic acids is 1. The zero-order valence-corrected chi connectivity index (χ0v) is 8.52. The van der Waals surface area contributed by atoms with Gasteiger partial charge in [0.15, 0.2) is 0 Å². The topological polar surface area (TPSA) is 45.2 Å². The number of pyridine rings is 1. The van der Waals surface area contributed by atoms with E-state index in [1.807, 2.05) is 18.2 Å². The fourth-order valence-corrected chi connectivity index (χ4v) is 1.80. The molecule has 0 spiro atoms. The minimum Gasteiger partial charge on any atom is -0.314 e. The maximum absolute atomic E-state index is 11.0. The minimum absolute atomic E-state index is 0.312. The zero-order valence-electron chi connectivity index (χ0n) is 8.52. The maximum atomic E-state index is 11.0. The Morgan fingerprint density at radius 3 is 2.80 bits per heavy atom. The van der Waals surface area contributed by atoms with Crippen LogP contribution in [0.15, 0.2) is 24.4 Å². The predicted molar refractivity (Wildman–Crippen MR) is 57.1 cm³/mol. The molecule has 1 aromatic rings. The Bertz CT molecular complexity index is 309. The lowest BCUT2D eigenvalue weighted by Crippen LogP contribution is -2.45. The Morgan fingerprint density at radius 1 is 1.40 bits per heavy atom. The van der Waals surface area contributed by atoms with Gasteiger partial charge in [0, 0.05) is 32.4 Å². The summed E-state index contributed by atoms with van der Waals surface area (Å²) in [7, 11) is 0. The summed E-state index contributed by atoms with van der Waals surface area (Å²) in [5, 5.41) is 3.25. The Balaban J connectivity index is 2.12. The average Bonchev–Trinajstić information content (AvgIpc) is 2.33. The third-order valence-corrected chi connectivity index (χ3v) is 2.60. The average molecular weight is 204 g/mol. The summed E-state index contributed by atoms with van der Waals surface area (Å²) in [5.74, 6) is 0. The molecular formula is C11H14N3O. The molecule has 79 valence electrons. The van der Waals surface area contributed by atoms with E-state index in [1.54, 1.807) is 6.20 Å². The van der Waals surface area contributed by atoms with E-state index in [2.05, 4.69) is 21.5 Å². The molecule has 1 N–H and O–H groups in total. The molecule has 1 fully saturated rings.